The fourth-order valence-corrected chi connectivity index (χ4v) is 3.33. The number of hydrogen-bond donors (Lipinski definition) is 1. The number of aromatic nitrogens is 1. The third-order valence-corrected chi connectivity index (χ3v) is 4.37. The molecular weight excluding hydrogens is 273 g/mol. The third kappa shape index (κ3) is 2.68. The van der Waals surface area contributed by atoms with Crippen LogP contribution in [0.15, 0.2) is 18.2 Å². The summed E-state index contributed by atoms with van der Waals surface area (Å²) in [6.07, 6.45) is 0.339. The van der Waals surface area contributed by atoms with Crippen LogP contribution in [0.4, 0.5) is 18.3 Å². The molecule has 0 radical (unpaired) electrons. The Morgan fingerprint density at radius 3 is 2.63 bits per heavy atom. The normalized spacial score (nSPS) is 17.2. The molecular formula is C13H13F3N2S. The fraction of sp³-hybridized carbons (Fsp3) is 0.462. The maximum absolute atomic E-state index is 12.6. The first-order valence-electron chi connectivity index (χ1n) is 6.27. The van der Waals surface area contributed by atoms with Crippen molar-refractivity contribution in [2.75, 3.05) is 5.32 Å². The molecule has 0 unspecified atom stereocenters. The van der Waals surface area contributed by atoms with Crippen LogP contribution in [-0.4, -0.2) is 11.0 Å². The van der Waals surface area contributed by atoms with Gasteiger partial charge in [0.25, 0.3) is 0 Å². The Kier molecular flexibility index (Phi) is 3.12. The van der Waals surface area contributed by atoms with Gasteiger partial charge in [-0.1, -0.05) is 24.2 Å². The maximum atomic E-state index is 12.6. The van der Waals surface area contributed by atoms with Crippen molar-refractivity contribution in [2.45, 2.75) is 37.9 Å². The number of alkyl halides is 3. The summed E-state index contributed by atoms with van der Waals surface area (Å²) in [4.78, 5) is 4.26. The van der Waals surface area contributed by atoms with Gasteiger partial charge in [-0.3, -0.25) is 0 Å². The van der Waals surface area contributed by atoms with E-state index in [2.05, 4.69) is 10.3 Å². The minimum Gasteiger partial charge on any atom is -0.359 e. The second-order valence-corrected chi connectivity index (χ2v) is 5.86. The van der Waals surface area contributed by atoms with Gasteiger partial charge in [0.15, 0.2) is 5.13 Å². The summed E-state index contributed by atoms with van der Waals surface area (Å²) in [6.45, 7) is 0. The van der Waals surface area contributed by atoms with E-state index in [0.29, 0.717) is 11.6 Å². The summed E-state index contributed by atoms with van der Waals surface area (Å²) in [6, 6.07) is 4.14. The zero-order chi connectivity index (χ0) is 13.5. The zero-order valence-corrected chi connectivity index (χ0v) is 10.9. The first-order valence-corrected chi connectivity index (χ1v) is 7.08. The predicted octanol–water partition coefficient (Wildman–Crippen LogP) is 4.67. The van der Waals surface area contributed by atoms with Crippen molar-refractivity contribution >= 4 is 26.7 Å². The molecule has 1 aliphatic rings. The van der Waals surface area contributed by atoms with E-state index in [1.807, 2.05) is 0 Å². The van der Waals surface area contributed by atoms with Crippen LogP contribution in [0.3, 0.4) is 0 Å². The summed E-state index contributed by atoms with van der Waals surface area (Å²) < 4.78 is 38.6. The van der Waals surface area contributed by atoms with Crippen molar-refractivity contribution in [1.29, 1.82) is 0 Å². The minimum absolute atomic E-state index is 0.417. The SMILES string of the molecule is FC(F)(F)c1ccc2sc(NC3CCCC3)nc2c1. The molecule has 1 saturated carbocycles. The first kappa shape index (κ1) is 12.7. The smallest absolute Gasteiger partial charge is 0.359 e. The number of rotatable bonds is 2. The van der Waals surface area contributed by atoms with Crippen LogP contribution in [0.2, 0.25) is 0 Å². The Morgan fingerprint density at radius 2 is 1.95 bits per heavy atom. The van der Waals surface area contributed by atoms with Crippen molar-refractivity contribution in [3.63, 3.8) is 0 Å². The highest BCUT2D eigenvalue weighted by Crippen LogP contribution is 2.34. The van der Waals surface area contributed by atoms with Crippen molar-refractivity contribution in [2.24, 2.45) is 0 Å². The summed E-state index contributed by atoms with van der Waals surface area (Å²) in [5, 5.41) is 4.04. The number of nitrogens with one attached hydrogen (secondary N) is 1. The standard InChI is InChI=1S/C13H13F3N2S/c14-13(15,16)8-5-6-11-10(7-8)18-12(19-11)17-9-3-1-2-4-9/h5-7,9H,1-4H2,(H,17,18). The molecule has 1 N–H and O–H groups in total. The van der Waals surface area contributed by atoms with Crippen LogP contribution in [0.25, 0.3) is 10.2 Å². The molecule has 3 rings (SSSR count). The van der Waals surface area contributed by atoms with E-state index in [1.165, 1.54) is 30.2 Å². The molecule has 0 aliphatic heterocycles. The average Bonchev–Trinajstić information content (AvgIpc) is 2.95. The highest BCUT2D eigenvalue weighted by atomic mass is 32.1. The van der Waals surface area contributed by atoms with Crippen LogP contribution < -0.4 is 5.32 Å². The second kappa shape index (κ2) is 4.67. The summed E-state index contributed by atoms with van der Waals surface area (Å²) in [7, 11) is 0. The topological polar surface area (TPSA) is 24.9 Å². The van der Waals surface area contributed by atoms with Crippen LogP contribution >= 0.6 is 11.3 Å². The van der Waals surface area contributed by atoms with Crippen LogP contribution in [0.1, 0.15) is 31.2 Å². The Balaban J connectivity index is 1.87. The van der Waals surface area contributed by atoms with Crippen molar-refractivity contribution < 1.29 is 13.2 Å². The zero-order valence-electron chi connectivity index (χ0n) is 10.1. The molecule has 1 fully saturated rings. The molecule has 0 amide bonds. The number of thiazole rings is 1. The highest BCUT2D eigenvalue weighted by Gasteiger charge is 2.30. The molecule has 1 aromatic carbocycles. The van der Waals surface area contributed by atoms with Crippen LogP contribution in [0.5, 0.6) is 0 Å². The van der Waals surface area contributed by atoms with Crippen LogP contribution in [-0.2, 0) is 6.18 Å². The lowest BCUT2D eigenvalue weighted by atomic mass is 10.2. The molecule has 0 atom stereocenters. The third-order valence-electron chi connectivity index (χ3n) is 3.40. The fourth-order valence-electron chi connectivity index (χ4n) is 2.41. The number of nitrogens with zero attached hydrogens (tertiary/aromatic N) is 1. The molecule has 0 bridgehead atoms. The molecule has 1 aromatic heterocycles. The molecule has 2 aromatic rings. The van der Waals surface area contributed by atoms with E-state index >= 15 is 0 Å². The van der Waals surface area contributed by atoms with Gasteiger partial charge in [-0.05, 0) is 31.0 Å². The Hall–Kier alpha value is -1.30. The van der Waals surface area contributed by atoms with Crippen LogP contribution in [0, 0.1) is 0 Å². The maximum Gasteiger partial charge on any atom is 0.416 e. The summed E-state index contributed by atoms with van der Waals surface area (Å²) >= 11 is 1.41. The van der Waals surface area contributed by atoms with Gasteiger partial charge in [0, 0.05) is 6.04 Å². The number of hydrogen-bond acceptors (Lipinski definition) is 3. The molecule has 102 valence electrons. The number of anilines is 1. The van der Waals surface area contributed by atoms with E-state index in [4.69, 9.17) is 0 Å². The Labute approximate surface area is 112 Å². The number of benzene rings is 1. The highest BCUT2D eigenvalue weighted by molar-refractivity contribution is 7.22. The quantitative estimate of drug-likeness (QED) is 0.867. The van der Waals surface area contributed by atoms with E-state index in [1.54, 1.807) is 0 Å². The van der Waals surface area contributed by atoms with Gasteiger partial charge in [0.05, 0.1) is 15.8 Å². The largest absolute Gasteiger partial charge is 0.416 e. The minimum atomic E-state index is -4.31. The molecule has 1 aliphatic carbocycles. The van der Waals surface area contributed by atoms with Gasteiger partial charge in [-0.2, -0.15) is 13.2 Å². The van der Waals surface area contributed by atoms with Gasteiger partial charge in [-0.15, -0.1) is 0 Å². The molecule has 0 saturated heterocycles. The van der Waals surface area contributed by atoms with E-state index in [9.17, 15) is 13.2 Å². The molecule has 19 heavy (non-hydrogen) atoms. The summed E-state index contributed by atoms with van der Waals surface area (Å²) in [5.41, 5.74) is -0.224. The van der Waals surface area contributed by atoms with Gasteiger partial charge < -0.3 is 5.32 Å². The lowest BCUT2D eigenvalue weighted by molar-refractivity contribution is -0.137. The molecule has 6 heteroatoms. The second-order valence-electron chi connectivity index (χ2n) is 4.82. The Morgan fingerprint density at radius 1 is 1.21 bits per heavy atom. The van der Waals surface area contributed by atoms with E-state index in [-0.39, 0.29) is 0 Å². The average molecular weight is 286 g/mol. The van der Waals surface area contributed by atoms with Crippen molar-refractivity contribution in [3.8, 4) is 0 Å². The van der Waals surface area contributed by atoms with Gasteiger partial charge in [0.1, 0.15) is 0 Å². The first-order chi connectivity index (χ1) is 9.02. The van der Waals surface area contributed by atoms with E-state index in [0.717, 1.165) is 34.8 Å². The van der Waals surface area contributed by atoms with Gasteiger partial charge >= 0.3 is 6.18 Å². The molecule has 1 heterocycles. The lowest BCUT2D eigenvalue weighted by Gasteiger charge is -2.09. The number of fused-ring (bicyclic) bond motifs is 1. The van der Waals surface area contributed by atoms with Gasteiger partial charge in [-0.25, -0.2) is 4.98 Å². The monoisotopic (exact) mass is 286 g/mol. The lowest BCUT2D eigenvalue weighted by Crippen LogP contribution is -2.13. The molecule has 2 nitrogen and oxygen atoms in total. The van der Waals surface area contributed by atoms with Gasteiger partial charge in [0.2, 0.25) is 0 Å². The molecule has 0 spiro atoms. The Bertz CT molecular complexity index is 585. The van der Waals surface area contributed by atoms with Crippen molar-refractivity contribution in [3.05, 3.63) is 23.8 Å². The van der Waals surface area contributed by atoms with Crippen molar-refractivity contribution in [1.82, 2.24) is 4.98 Å². The van der Waals surface area contributed by atoms with E-state index < -0.39 is 11.7 Å². The predicted molar refractivity (Wildman–Crippen MR) is 70.5 cm³/mol. The summed E-state index contributed by atoms with van der Waals surface area (Å²) in [5.74, 6) is 0. The number of halogens is 3.